The second-order valence-electron chi connectivity index (χ2n) is 8.93. The molecule has 8 heteroatoms. The molecule has 0 aliphatic carbocycles. The van der Waals surface area contributed by atoms with Crippen molar-refractivity contribution in [1.29, 1.82) is 0 Å². The van der Waals surface area contributed by atoms with Crippen LogP contribution in [0.1, 0.15) is 36.5 Å². The van der Waals surface area contributed by atoms with E-state index in [-0.39, 0.29) is 18.2 Å². The van der Waals surface area contributed by atoms with E-state index in [0.717, 1.165) is 26.0 Å². The number of carbonyl (C=O) groups is 3. The molecule has 2 atom stereocenters. The maximum atomic E-state index is 13.1. The van der Waals surface area contributed by atoms with Crippen LogP contribution in [0.25, 0.3) is 0 Å². The van der Waals surface area contributed by atoms with Gasteiger partial charge in [-0.15, -0.1) is 0 Å². The quantitative estimate of drug-likeness (QED) is 0.252. The molecule has 37 heavy (non-hydrogen) atoms. The lowest BCUT2D eigenvalue weighted by Crippen LogP contribution is -2.48. The minimum Gasteiger partial charge on any atom is -0.489 e. The maximum absolute atomic E-state index is 13.1. The number of carbonyl (C=O) groups excluding carboxylic acids is 3. The van der Waals surface area contributed by atoms with E-state index in [1.54, 1.807) is 6.92 Å². The van der Waals surface area contributed by atoms with Gasteiger partial charge in [0.05, 0.1) is 0 Å². The van der Waals surface area contributed by atoms with Gasteiger partial charge < -0.3 is 21.1 Å². The number of rotatable bonds is 13. The lowest BCUT2D eigenvalue weighted by Gasteiger charge is -2.19. The maximum Gasteiger partial charge on any atom is 0.243 e. The van der Waals surface area contributed by atoms with E-state index in [0.29, 0.717) is 26.0 Å². The van der Waals surface area contributed by atoms with Crippen molar-refractivity contribution in [3.05, 3.63) is 99.1 Å². The Morgan fingerprint density at radius 2 is 1.62 bits per heavy atom. The highest BCUT2D eigenvalue weighted by Gasteiger charge is 2.22. The number of nitrogens with two attached hydrogens (primary N) is 1. The number of halogens is 1. The average molecular weight is 613 g/mol. The molecule has 3 aromatic carbocycles. The zero-order chi connectivity index (χ0) is 26.6. The lowest BCUT2D eigenvalue weighted by atomic mass is 10.0. The van der Waals surface area contributed by atoms with Crippen LogP contribution in [0.4, 0.5) is 0 Å². The van der Waals surface area contributed by atoms with E-state index >= 15 is 0 Å². The summed E-state index contributed by atoms with van der Waals surface area (Å²) in [6, 6.07) is 24.5. The van der Waals surface area contributed by atoms with Crippen molar-refractivity contribution in [2.24, 2.45) is 11.7 Å². The summed E-state index contributed by atoms with van der Waals surface area (Å²) in [5, 5.41) is 5.76. The molecular weight excluding hydrogens is 581 g/mol. The summed E-state index contributed by atoms with van der Waals surface area (Å²) in [5.74, 6) is -0.724. The van der Waals surface area contributed by atoms with Crippen LogP contribution in [-0.2, 0) is 34.0 Å². The van der Waals surface area contributed by atoms with Crippen molar-refractivity contribution in [3.8, 4) is 5.75 Å². The Kier molecular flexibility index (Phi) is 10.9. The van der Waals surface area contributed by atoms with Crippen LogP contribution >= 0.6 is 22.6 Å². The van der Waals surface area contributed by atoms with Crippen molar-refractivity contribution in [2.45, 2.75) is 45.4 Å². The first-order valence-electron chi connectivity index (χ1n) is 12.2. The largest absolute Gasteiger partial charge is 0.489 e. The number of hydrogen-bond donors (Lipinski definition) is 3. The van der Waals surface area contributed by atoms with Crippen LogP contribution < -0.4 is 21.1 Å². The molecule has 0 fully saturated rings. The van der Waals surface area contributed by atoms with Crippen LogP contribution in [0.15, 0.2) is 78.9 Å². The number of ether oxygens (including phenoxy) is 1. The number of benzene rings is 3. The number of hydrogen-bond acceptors (Lipinski definition) is 4. The van der Waals surface area contributed by atoms with E-state index in [1.807, 2.05) is 78.9 Å². The van der Waals surface area contributed by atoms with Gasteiger partial charge in [-0.25, -0.2) is 0 Å². The fraction of sp³-hybridized carbons (Fsp3) is 0.276. The van der Waals surface area contributed by atoms with Crippen LogP contribution in [0.2, 0.25) is 0 Å². The van der Waals surface area contributed by atoms with Gasteiger partial charge in [-0.2, -0.15) is 0 Å². The summed E-state index contributed by atoms with van der Waals surface area (Å²) in [6.45, 7) is 2.50. The molecule has 0 aliphatic rings. The van der Waals surface area contributed by atoms with Crippen LogP contribution in [0.3, 0.4) is 0 Å². The first-order chi connectivity index (χ1) is 17.8. The second kappa shape index (κ2) is 14.4. The summed E-state index contributed by atoms with van der Waals surface area (Å²) >= 11 is 2.22. The van der Waals surface area contributed by atoms with Gasteiger partial charge in [0.2, 0.25) is 17.7 Å². The second-order valence-corrected chi connectivity index (χ2v) is 10.2. The molecule has 7 nitrogen and oxygen atoms in total. The Morgan fingerprint density at radius 3 is 2.30 bits per heavy atom. The van der Waals surface area contributed by atoms with E-state index in [2.05, 4.69) is 33.2 Å². The molecular formula is C29H32IN3O4. The van der Waals surface area contributed by atoms with Crippen molar-refractivity contribution < 1.29 is 19.1 Å². The molecule has 0 aromatic heterocycles. The molecule has 0 saturated heterocycles. The summed E-state index contributed by atoms with van der Waals surface area (Å²) in [4.78, 5) is 37.0. The fourth-order valence-electron chi connectivity index (χ4n) is 3.62. The third kappa shape index (κ3) is 9.87. The van der Waals surface area contributed by atoms with Gasteiger partial charge >= 0.3 is 0 Å². The molecule has 0 aliphatic heterocycles. The first kappa shape index (κ1) is 28.2. The van der Waals surface area contributed by atoms with E-state index in [1.165, 1.54) is 0 Å². The van der Waals surface area contributed by atoms with Crippen molar-refractivity contribution in [1.82, 2.24) is 10.6 Å². The first-order valence-corrected chi connectivity index (χ1v) is 13.2. The molecule has 2 unspecified atom stereocenters. The standard InChI is InChI=1S/C29H32IN3O4/c1-20(28(31)35)10-15-27(34)33-26(29(36)32-18-23-8-5-9-24(30)16-23)17-21-11-13-25(14-12-21)37-19-22-6-3-2-4-7-22/h2-9,11-14,16,20,26H,10,15,17-19H2,1H3,(H2,31,35)(H,32,36)(H,33,34). The van der Waals surface area contributed by atoms with Gasteiger partial charge in [-0.1, -0.05) is 61.5 Å². The van der Waals surface area contributed by atoms with Crippen LogP contribution in [-0.4, -0.2) is 23.8 Å². The summed E-state index contributed by atoms with van der Waals surface area (Å²) in [7, 11) is 0. The summed E-state index contributed by atoms with van der Waals surface area (Å²) in [5.41, 5.74) is 8.23. The highest BCUT2D eigenvalue weighted by Crippen LogP contribution is 2.16. The highest BCUT2D eigenvalue weighted by atomic mass is 127. The van der Waals surface area contributed by atoms with Crippen LogP contribution in [0.5, 0.6) is 5.75 Å². The summed E-state index contributed by atoms with van der Waals surface area (Å²) in [6.07, 6.45) is 0.747. The Balaban J connectivity index is 1.63. The molecule has 3 rings (SSSR count). The van der Waals surface area contributed by atoms with E-state index in [4.69, 9.17) is 10.5 Å². The predicted molar refractivity (Wildman–Crippen MR) is 151 cm³/mol. The van der Waals surface area contributed by atoms with Crippen LogP contribution in [0, 0.1) is 9.49 Å². The lowest BCUT2D eigenvalue weighted by molar-refractivity contribution is -0.129. The van der Waals surface area contributed by atoms with E-state index in [9.17, 15) is 14.4 Å². The molecule has 4 N–H and O–H groups in total. The van der Waals surface area contributed by atoms with Crippen molar-refractivity contribution >= 4 is 40.3 Å². The third-order valence-corrected chi connectivity index (χ3v) is 6.58. The molecule has 0 bridgehead atoms. The average Bonchev–Trinajstić information content (AvgIpc) is 2.90. The molecule has 0 spiro atoms. The minimum atomic E-state index is -0.768. The smallest absolute Gasteiger partial charge is 0.243 e. The monoisotopic (exact) mass is 613 g/mol. The van der Waals surface area contributed by atoms with Gasteiger partial charge in [0.1, 0.15) is 18.4 Å². The molecule has 3 amide bonds. The third-order valence-electron chi connectivity index (χ3n) is 5.91. The van der Waals surface area contributed by atoms with Gasteiger partial charge in [-0.3, -0.25) is 14.4 Å². The van der Waals surface area contributed by atoms with Gasteiger partial charge in [0.15, 0.2) is 0 Å². The Morgan fingerprint density at radius 1 is 0.919 bits per heavy atom. The normalized spacial score (nSPS) is 12.3. The predicted octanol–water partition coefficient (Wildman–Crippen LogP) is 4.12. The molecule has 194 valence electrons. The number of primary amides is 1. The van der Waals surface area contributed by atoms with Crippen molar-refractivity contribution in [2.75, 3.05) is 0 Å². The molecule has 0 radical (unpaired) electrons. The Hall–Kier alpha value is -3.40. The topological polar surface area (TPSA) is 111 Å². The van der Waals surface area contributed by atoms with Gasteiger partial charge in [-0.05, 0) is 70.0 Å². The molecule has 0 saturated carbocycles. The zero-order valence-electron chi connectivity index (χ0n) is 20.8. The Labute approximate surface area is 231 Å². The van der Waals surface area contributed by atoms with Gasteiger partial charge in [0.25, 0.3) is 0 Å². The summed E-state index contributed by atoms with van der Waals surface area (Å²) < 4.78 is 6.92. The zero-order valence-corrected chi connectivity index (χ0v) is 22.9. The number of amides is 3. The van der Waals surface area contributed by atoms with Gasteiger partial charge in [0, 0.05) is 28.9 Å². The highest BCUT2D eigenvalue weighted by molar-refractivity contribution is 14.1. The Bertz CT molecular complexity index is 1190. The molecule has 0 heterocycles. The minimum absolute atomic E-state index is 0.108. The van der Waals surface area contributed by atoms with Crippen molar-refractivity contribution in [3.63, 3.8) is 0 Å². The fourth-order valence-corrected chi connectivity index (χ4v) is 4.23. The number of nitrogens with one attached hydrogen (secondary N) is 2. The SMILES string of the molecule is CC(CCC(=O)NC(Cc1ccc(OCc2ccccc2)cc1)C(=O)NCc1cccc(I)c1)C(N)=O. The molecule has 3 aromatic rings. The van der Waals surface area contributed by atoms with E-state index < -0.39 is 17.9 Å².